The van der Waals surface area contributed by atoms with Crippen molar-refractivity contribution in [3.63, 3.8) is 0 Å². The smallest absolute Gasteiger partial charge is 0.384 e. The molecule has 18 heteroatoms. The summed E-state index contributed by atoms with van der Waals surface area (Å²) in [6.07, 6.45) is 0. The van der Waals surface area contributed by atoms with E-state index < -0.39 is 75.1 Å². The first-order valence-corrected chi connectivity index (χ1v) is 10.2. The molecular weight excluding hydrogens is 549 g/mol. The van der Waals surface area contributed by atoms with E-state index in [1.165, 1.54) is 21.0 Å². The van der Waals surface area contributed by atoms with E-state index in [0.29, 0.717) is 0 Å². The van der Waals surface area contributed by atoms with Crippen molar-refractivity contribution in [3.05, 3.63) is 16.0 Å². The third-order valence-electron chi connectivity index (χ3n) is 5.21. The van der Waals surface area contributed by atoms with Crippen molar-refractivity contribution in [1.29, 1.82) is 0 Å². The summed E-state index contributed by atoms with van der Waals surface area (Å²) < 4.78 is 158. The Morgan fingerprint density at radius 1 is 0.833 bits per heavy atom. The Balaban J connectivity index is 2.77. The van der Waals surface area contributed by atoms with Gasteiger partial charge in [-0.3, -0.25) is 9.59 Å². The average Bonchev–Trinajstić information content (AvgIpc) is 3.06. The second-order valence-electron chi connectivity index (χ2n) is 7.66. The second-order valence-corrected chi connectivity index (χ2v) is 8.69. The highest BCUT2D eigenvalue weighted by molar-refractivity contribution is 7.18. The Hall–Kier alpha value is -2.66. The first kappa shape index (κ1) is 29.6. The van der Waals surface area contributed by atoms with E-state index in [2.05, 4.69) is 4.74 Å². The third kappa shape index (κ3) is 3.38. The highest BCUT2D eigenvalue weighted by Gasteiger charge is 3.02. The number of halogens is 11. The molecule has 0 aromatic carbocycles. The van der Waals surface area contributed by atoms with Crippen LogP contribution in [0.1, 0.15) is 32.5 Å². The SMILES string of the molecule is CCOC(=O)c1c(NC(=O)C2(F)C(F)(F)C(F)(F)C(F)(F)C(F)(F)C2(F)F)sc(C(=O)N(C)C)c1C. The maximum absolute atomic E-state index is 15.0. The van der Waals surface area contributed by atoms with Gasteiger partial charge < -0.3 is 15.0 Å². The number of carbonyl (C=O) groups is 3. The van der Waals surface area contributed by atoms with E-state index in [4.69, 9.17) is 0 Å². The topological polar surface area (TPSA) is 75.7 Å². The number of ether oxygens (including phenoxy) is 1. The molecule has 0 saturated heterocycles. The normalized spacial score (nSPS) is 22.4. The number of amides is 2. The van der Waals surface area contributed by atoms with Crippen molar-refractivity contribution < 1.29 is 67.4 Å². The predicted octanol–water partition coefficient (Wildman–Crippen LogP) is 4.77. The van der Waals surface area contributed by atoms with Crippen LogP contribution in [0.3, 0.4) is 0 Å². The van der Waals surface area contributed by atoms with Crippen LogP contribution in [0.5, 0.6) is 0 Å². The number of anilines is 1. The molecule has 1 aliphatic carbocycles. The van der Waals surface area contributed by atoms with Crippen molar-refractivity contribution in [2.24, 2.45) is 0 Å². The lowest BCUT2D eigenvalue weighted by atomic mass is 9.71. The number of esters is 1. The second kappa shape index (κ2) is 8.44. The zero-order chi connectivity index (χ0) is 28.4. The fraction of sp³-hybridized carbons (Fsp3) is 0.611. The minimum Gasteiger partial charge on any atom is -0.462 e. The first-order valence-electron chi connectivity index (χ1n) is 9.42. The molecule has 2 rings (SSSR count). The van der Waals surface area contributed by atoms with Gasteiger partial charge in [-0.25, -0.2) is 9.18 Å². The lowest BCUT2D eigenvalue weighted by Crippen LogP contribution is -2.86. The summed E-state index contributed by atoms with van der Waals surface area (Å²) in [5.41, 5.74) is -8.27. The van der Waals surface area contributed by atoms with Gasteiger partial charge in [0.15, 0.2) is 0 Å². The summed E-state index contributed by atoms with van der Waals surface area (Å²) in [6.45, 7) is 1.86. The molecule has 1 aromatic rings. The number of hydrogen-bond donors (Lipinski definition) is 1. The molecule has 36 heavy (non-hydrogen) atoms. The molecule has 1 heterocycles. The number of carbonyl (C=O) groups excluding carboxylic acids is 3. The van der Waals surface area contributed by atoms with Crippen LogP contribution in [0, 0.1) is 6.92 Å². The van der Waals surface area contributed by atoms with Gasteiger partial charge in [-0.15, -0.1) is 11.3 Å². The Labute approximate surface area is 198 Å². The molecule has 0 radical (unpaired) electrons. The van der Waals surface area contributed by atoms with Crippen molar-refractivity contribution in [2.75, 3.05) is 26.0 Å². The van der Waals surface area contributed by atoms with Gasteiger partial charge in [-0.05, 0) is 19.4 Å². The molecule has 1 aliphatic rings. The van der Waals surface area contributed by atoms with Crippen LogP contribution in [0.25, 0.3) is 0 Å². The summed E-state index contributed by atoms with van der Waals surface area (Å²) in [6, 6.07) is 0. The molecule has 1 fully saturated rings. The highest BCUT2D eigenvalue weighted by atomic mass is 32.1. The van der Waals surface area contributed by atoms with Gasteiger partial charge in [0.2, 0.25) is 0 Å². The van der Waals surface area contributed by atoms with Gasteiger partial charge in [-0.1, -0.05) is 0 Å². The van der Waals surface area contributed by atoms with Gasteiger partial charge in [0, 0.05) is 14.1 Å². The van der Waals surface area contributed by atoms with E-state index >= 15 is 4.39 Å². The van der Waals surface area contributed by atoms with E-state index in [9.17, 15) is 58.3 Å². The maximum atomic E-state index is 15.0. The summed E-state index contributed by atoms with van der Waals surface area (Å²) in [5.74, 6) is -43.3. The van der Waals surface area contributed by atoms with Crippen molar-refractivity contribution in [1.82, 2.24) is 4.90 Å². The molecule has 0 atom stereocenters. The maximum Gasteiger partial charge on any atom is 0.384 e. The number of nitrogens with zero attached hydrogens (tertiary/aromatic N) is 1. The molecule has 0 bridgehead atoms. The summed E-state index contributed by atoms with van der Waals surface area (Å²) in [4.78, 5) is 37.2. The van der Waals surface area contributed by atoms with Crippen molar-refractivity contribution in [3.8, 4) is 0 Å². The molecule has 0 spiro atoms. The monoisotopic (exact) mass is 564 g/mol. The molecule has 0 aliphatic heterocycles. The molecule has 204 valence electrons. The molecule has 1 N–H and O–H groups in total. The quantitative estimate of drug-likeness (QED) is 0.413. The van der Waals surface area contributed by atoms with Gasteiger partial charge in [-0.2, -0.15) is 43.9 Å². The van der Waals surface area contributed by atoms with Crippen LogP contribution in [0.2, 0.25) is 0 Å². The van der Waals surface area contributed by atoms with Crippen LogP contribution in [0.4, 0.5) is 53.3 Å². The van der Waals surface area contributed by atoms with Crippen LogP contribution in [0.15, 0.2) is 0 Å². The zero-order valence-electron chi connectivity index (χ0n) is 18.4. The molecule has 0 unspecified atom stereocenters. The van der Waals surface area contributed by atoms with E-state index in [1.54, 1.807) is 0 Å². The number of alkyl halides is 11. The van der Waals surface area contributed by atoms with Gasteiger partial charge in [0.1, 0.15) is 5.00 Å². The van der Waals surface area contributed by atoms with E-state index in [-0.39, 0.29) is 16.9 Å². The Bertz CT molecular complexity index is 1070. The van der Waals surface area contributed by atoms with Crippen molar-refractivity contribution in [2.45, 2.75) is 49.1 Å². The minimum absolute atomic E-state index is 0.0360. The zero-order valence-corrected chi connectivity index (χ0v) is 19.2. The Kier molecular flexibility index (Phi) is 6.93. The van der Waals surface area contributed by atoms with Crippen LogP contribution in [-0.2, 0) is 9.53 Å². The average molecular weight is 564 g/mol. The first-order chi connectivity index (χ1) is 16.0. The van der Waals surface area contributed by atoms with Gasteiger partial charge >= 0.3 is 41.3 Å². The fourth-order valence-electron chi connectivity index (χ4n) is 3.15. The largest absolute Gasteiger partial charge is 0.462 e. The van der Waals surface area contributed by atoms with Crippen molar-refractivity contribution >= 4 is 34.1 Å². The number of hydrogen-bond acceptors (Lipinski definition) is 5. The minimum atomic E-state index is -7.50. The van der Waals surface area contributed by atoms with Crippen LogP contribution < -0.4 is 5.32 Å². The highest BCUT2D eigenvalue weighted by Crippen LogP contribution is 2.69. The predicted molar refractivity (Wildman–Crippen MR) is 100 cm³/mol. The third-order valence-corrected chi connectivity index (χ3v) is 6.40. The molecule has 1 saturated carbocycles. The van der Waals surface area contributed by atoms with E-state index in [1.807, 2.05) is 0 Å². The Morgan fingerprint density at radius 3 is 1.64 bits per heavy atom. The standard InChI is InChI=1S/C18H15F11N2O4S/c1-5-35-11(33)7-6(2)8(10(32)31(3)4)36-9(7)30-12(34)13(19)14(20,21)16(24,25)18(28,29)17(26,27)15(13,22)23/h5H2,1-4H3,(H,30,34). The summed E-state index contributed by atoms with van der Waals surface area (Å²) in [5, 5.41) is -0.323. The fourth-order valence-corrected chi connectivity index (χ4v) is 4.36. The lowest BCUT2D eigenvalue weighted by molar-refractivity contribution is -0.475. The van der Waals surface area contributed by atoms with E-state index in [0.717, 1.165) is 17.1 Å². The number of nitrogens with one attached hydrogen (secondary N) is 1. The molecule has 2 amide bonds. The van der Waals surface area contributed by atoms with Crippen LogP contribution in [-0.4, -0.2) is 78.7 Å². The van der Waals surface area contributed by atoms with Gasteiger partial charge in [0.05, 0.1) is 17.0 Å². The number of rotatable bonds is 5. The van der Waals surface area contributed by atoms with Crippen LogP contribution >= 0.6 is 11.3 Å². The summed E-state index contributed by atoms with van der Waals surface area (Å²) in [7, 11) is 2.35. The Morgan fingerprint density at radius 2 is 1.25 bits per heavy atom. The lowest BCUT2D eigenvalue weighted by Gasteiger charge is -2.51. The van der Waals surface area contributed by atoms with Gasteiger partial charge in [0.25, 0.3) is 11.8 Å². The summed E-state index contributed by atoms with van der Waals surface area (Å²) >= 11 is -0.0360. The molecule has 1 aromatic heterocycles. The number of thiophene rings is 1. The molecule has 6 nitrogen and oxygen atoms in total. The molecular formula is C18H15F11N2O4S.